The van der Waals surface area contributed by atoms with Gasteiger partial charge in [0.2, 0.25) is 0 Å². The summed E-state index contributed by atoms with van der Waals surface area (Å²) >= 11 is 0. The lowest BCUT2D eigenvalue weighted by Crippen LogP contribution is -2.36. The van der Waals surface area contributed by atoms with E-state index in [1.807, 2.05) is 12.4 Å². The third-order valence-corrected chi connectivity index (χ3v) is 4.71. The van der Waals surface area contributed by atoms with E-state index < -0.39 is 0 Å². The third-order valence-electron chi connectivity index (χ3n) is 4.71. The maximum Gasteiger partial charge on any atom is 0.109 e. The van der Waals surface area contributed by atoms with Crippen molar-refractivity contribution in [3.8, 4) is 0 Å². The molecule has 4 atom stereocenters. The Hall–Kier alpha value is -1.09. The van der Waals surface area contributed by atoms with Crippen LogP contribution in [0.15, 0.2) is 24.5 Å². The number of hydrogen-bond acceptors (Lipinski definition) is 2. The highest BCUT2D eigenvalue weighted by atomic mass is 15.0. The van der Waals surface area contributed by atoms with Gasteiger partial charge in [0.25, 0.3) is 0 Å². The van der Waals surface area contributed by atoms with Gasteiger partial charge < -0.3 is 9.88 Å². The molecule has 2 aliphatic rings. The summed E-state index contributed by atoms with van der Waals surface area (Å²) in [5, 5.41) is 3.69. The van der Waals surface area contributed by atoms with E-state index in [0.29, 0.717) is 6.04 Å². The van der Waals surface area contributed by atoms with Gasteiger partial charge in [0.05, 0.1) is 0 Å². The number of imidazole rings is 1. The molecule has 1 fully saturated rings. The molecule has 0 aliphatic heterocycles. The van der Waals surface area contributed by atoms with Crippen LogP contribution in [-0.2, 0) is 13.5 Å². The Kier molecular flexibility index (Phi) is 3.25. The van der Waals surface area contributed by atoms with Gasteiger partial charge in [-0.15, -0.1) is 0 Å². The molecule has 4 unspecified atom stereocenters. The lowest BCUT2D eigenvalue weighted by Gasteiger charge is -2.26. The number of rotatable bonds is 5. The molecular weight excluding hydrogens is 222 g/mol. The highest BCUT2D eigenvalue weighted by molar-refractivity contribution is 5.11. The highest BCUT2D eigenvalue weighted by Crippen LogP contribution is 2.44. The number of aromatic nitrogens is 2. The summed E-state index contributed by atoms with van der Waals surface area (Å²) in [6, 6.07) is 0.630. The van der Waals surface area contributed by atoms with Crippen molar-refractivity contribution in [2.75, 3.05) is 6.54 Å². The molecule has 3 nitrogen and oxygen atoms in total. The van der Waals surface area contributed by atoms with E-state index >= 15 is 0 Å². The zero-order chi connectivity index (χ0) is 12.5. The molecule has 3 heteroatoms. The van der Waals surface area contributed by atoms with E-state index in [1.54, 1.807) is 0 Å². The first-order chi connectivity index (χ1) is 8.74. The van der Waals surface area contributed by atoms with Gasteiger partial charge in [0, 0.05) is 38.4 Å². The molecule has 0 amide bonds. The maximum atomic E-state index is 4.36. The number of fused-ring (bicyclic) bond motifs is 2. The van der Waals surface area contributed by atoms with E-state index in [2.05, 4.69) is 41.0 Å². The minimum absolute atomic E-state index is 0.630. The Bertz CT molecular complexity index is 435. The average Bonchev–Trinajstić information content (AvgIpc) is 3.06. The minimum Gasteiger partial charge on any atom is -0.338 e. The topological polar surface area (TPSA) is 29.9 Å². The molecule has 0 saturated heterocycles. The summed E-state index contributed by atoms with van der Waals surface area (Å²) in [5.74, 6) is 3.73. The fraction of sp³-hybridized carbons (Fsp3) is 0.667. The van der Waals surface area contributed by atoms with Crippen LogP contribution in [0.1, 0.15) is 25.6 Å². The second-order valence-corrected chi connectivity index (χ2v) is 5.89. The average molecular weight is 245 g/mol. The van der Waals surface area contributed by atoms with E-state index in [1.165, 1.54) is 18.7 Å². The largest absolute Gasteiger partial charge is 0.338 e. The second kappa shape index (κ2) is 4.88. The van der Waals surface area contributed by atoms with Crippen molar-refractivity contribution >= 4 is 0 Å². The molecule has 0 radical (unpaired) electrons. The van der Waals surface area contributed by atoms with Crippen LogP contribution in [0.25, 0.3) is 0 Å². The molecule has 1 N–H and O–H groups in total. The van der Waals surface area contributed by atoms with Crippen LogP contribution < -0.4 is 5.32 Å². The number of hydrogen-bond donors (Lipinski definition) is 1. The van der Waals surface area contributed by atoms with Crippen molar-refractivity contribution in [3.05, 3.63) is 30.4 Å². The van der Waals surface area contributed by atoms with Crippen molar-refractivity contribution in [3.63, 3.8) is 0 Å². The first kappa shape index (κ1) is 12.0. The predicted molar refractivity (Wildman–Crippen MR) is 73.2 cm³/mol. The monoisotopic (exact) mass is 245 g/mol. The fourth-order valence-electron chi connectivity index (χ4n) is 3.60. The zero-order valence-corrected chi connectivity index (χ0v) is 11.3. The first-order valence-electron chi connectivity index (χ1n) is 7.12. The van der Waals surface area contributed by atoms with Gasteiger partial charge >= 0.3 is 0 Å². The highest BCUT2D eigenvalue weighted by Gasteiger charge is 2.38. The quantitative estimate of drug-likeness (QED) is 0.806. The number of nitrogens with zero attached hydrogens (tertiary/aromatic N) is 2. The molecule has 1 aromatic heterocycles. The number of allylic oxidation sites excluding steroid dienone is 2. The van der Waals surface area contributed by atoms with Gasteiger partial charge in [-0.2, -0.15) is 0 Å². The van der Waals surface area contributed by atoms with Crippen LogP contribution in [0.4, 0.5) is 0 Å². The van der Waals surface area contributed by atoms with Crippen LogP contribution in [0.2, 0.25) is 0 Å². The summed E-state index contributed by atoms with van der Waals surface area (Å²) in [7, 11) is 2.06. The van der Waals surface area contributed by atoms with Crippen LogP contribution in [0.5, 0.6) is 0 Å². The van der Waals surface area contributed by atoms with Crippen LogP contribution in [-0.4, -0.2) is 22.1 Å². The van der Waals surface area contributed by atoms with Crippen molar-refractivity contribution < 1.29 is 0 Å². The van der Waals surface area contributed by atoms with Gasteiger partial charge in [0.15, 0.2) is 0 Å². The standard InChI is InChI=1S/C15H23N3/c1-11(14-10-12-3-4-13(14)9-12)16-6-5-15-17-7-8-18(15)2/h3-4,7-8,11-14,16H,5-6,9-10H2,1-2H3. The molecule has 98 valence electrons. The molecular formula is C15H23N3. The Morgan fingerprint density at radius 3 is 2.94 bits per heavy atom. The van der Waals surface area contributed by atoms with Crippen LogP contribution in [0, 0.1) is 17.8 Å². The first-order valence-corrected chi connectivity index (χ1v) is 7.12. The second-order valence-electron chi connectivity index (χ2n) is 5.89. The van der Waals surface area contributed by atoms with E-state index in [0.717, 1.165) is 30.7 Å². The van der Waals surface area contributed by atoms with Gasteiger partial charge in [-0.1, -0.05) is 12.2 Å². The SMILES string of the molecule is CC(NCCc1nccn1C)C1CC2C=CC1C2. The smallest absolute Gasteiger partial charge is 0.109 e. The number of aryl methyl sites for hydroxylation is 1. The van der Waals surface area contributed by atoms with Crippen LogP contribution in [0.3, 0.4) is 0 Å². The summed E-state index contributed by atoms with van der Waals surface area (Å²) in [4.78, 5) is 4.36. The third kappa shape index (κ3) is 2.24. The summed E-state index contributed by atoms with van der Waals surface area (Å²) in [6.07, 6.45) is 12.6. The summed E-state index contributed by atoms with van der Waals surface area (Å²) < 4.78 is 2.10. The Morgan fingerprint density at radius 2 is 2.33 bits per heavy atom. The normalized spacial score (nSPS) is 31.1. The molecule has 2 bridgehead atoms. The molecule has 18 heavy (non-hydrogen) atoms. The fourth-order valence-corrected chi connectivity index (χ4v) is 3.60. The summed E-state index contributed by atoms with van der Waals surface area (Å²) in [5.41, 5.74) is 0. The molecule has 2 aliphatic carbocycles. The molecule has 0 spiro atoms. The van der Waals surface area contributed by atoms with Crippen molar-refractivity contribution in [1.82, 2.24) is 14.9 Å². The van der Waals surface area contributed by atoms with Crippen LogP contribution >= 0.6 is 0 Å². The maximum absolute atomic E-state index is 4.36. The predicted octanol–water partition coefficient (Wildman–Crippen LogP) is 2.15. The van der Waals surface area contributed by atoms with Crippen molar-refractivity contribution in [2.24, 2.45) is 24.8 Å². The van der Waals surface area contributed by atoms with E-state index in [-0.39, 0.29) is 0 Å². The Labute approximate surface area is 109 Å². The lowest BCUT2D eigenvalue weighted by atomic mass is 9.87. The van der Waals surface area contributed by atoms with Crippen molar-refractivity contribution in [1.29, 1.82) is 0 Å². The molecule has 3 rings (SSSR count). The molecule has 0 aromatic carbocycles. The van der Waals surface area contributed by atoms with Crippen molar-refractivity contribution in [2.45, 2.75) is 32.2 Å². The minimum atomic E-state index is 0.630. The van der Waals surface area contributed by atoms with Gasteiger partial charge in [-0.05, 0) is 37.5 Å². The molecule has 1 saturated carbocycles. The van der Waals surface area contributed by atoms with Gasteiger partial charge in [0.1, 0.15) is 5.82 Å². The van der Waals surface area contributed by atoms with E-state index in [9.17, 15) is 0 Å². The summed E-state index contributed by atoms with van der Waals surface area (Å²) in [6.45, 7) is 3.38. The lowest BCUT2D eigenvalue weighted by molar-refractivity contribution is 0.328. The Balaban J connectivity index is 1.46. The van der Waals surface area contributed by atoms with E-state index in [4.69, 9.17) is 0 Å². The number of nitrogens with one attached hydrogen (secondary N) is 1. The van der Waals surface area contributed by atoms with Gasteiger partial charge in [-0.25, -0.2) is 4.98 Å². The van der Waals surface area contributed by atoms with Gasteiger partial charge in [-0.3, -0.25) is 0 Å². The Morgan fingerprint density at radius 1 is 1.44 bits per heavy atom. The zero-order valence-electron chi connectivity index (χ0n) is 11.3. The molecule has 1 aromatic rings. The molecule has 1 heterocycles.